The Morgan fingerprint density at radius 3 is 2.47 bits per heavy atom. The number of amides is 1. The Morgan fingerprint density at radius 2 is 1.94 bits per heavy atom. The quantitative estimate of drug-likeness (QED) is 0.775. The van der Waals surface area contributed by atoms with E-state index < -0.39 is 0 Å². The lowest BCUT2D eigenvalue weighted by molar-refractivity contribution is -0.122. The van der Waals surface area contributed by atoms with Gasteiger partial charge < -0.3 is 11.1 Å². The highest BCUT2D eigenvalue weighted by atomic mass is 16.1. The summed E-state index contributed by atoms with van der Waals surface area (Å²) in [7, 11) is 0. The topological polar surface area (TPSA) is 55.1 Å². The molecule has 17 heavy (non-hydrogen) atoms. The van der Waals surface area contributed by atoms with E-state index in [2.05, 4.69) is 26.1 Å². The van der Waals surface area contributed by atoms with E-state index in [9.17, 15) is 4.79 Å². The first-order valence-electron chi connectivity index (χ1n) is 6.89. The molecular weight excluding hydrogens is 212 g/mol. The van der Waals surface area contributed by atoms with Crippen LogP contribution >= 0.6 is 0 Å². The summed E-state index contributed by atoms with van der Waals surface area (Å²) in [5, 5.41) is 2.97. The molecule has 1 saturated carbocycles. The van der Waals surface area contributed by atoms with Gasteiger partial charge in [-0.15, -0.1) is 0 Å². The fraction of sp³-hybridized carbons (Fsp3) is 0.929. The van der Waals surface area contributed by atoms with E-state index in [0.29, 0.717) is 18.9 Å². The van der Waals surface area contributed by atoms with E-state index in [1.54, 1.807) is 0 Å². The Labute approximate surface area is 106 Å². The third-order valence-corrected chi connectivity index (χ3v) is 3.38. The van der Waals surface area contributed by atoms with E-state index >= 15 is 0 Å². The fourth-order valence-corrected chi connectivity index (χ4v) is 2.65. The minimum Gasteiger partial charge on any atom is -0.355 e. The van der Waals surface area contributed by atoms with Crippen LogP contribution in [0.2, 0.25) is 0 Å². The number of nitrogens with two attached hydrogens (primary N) is 1. The van der Waals surface area contributed by atoms with Gasteiger partial charge in [-0.2, -0.15) is 0 Å². The summed E-state index contributed by atoms with van der Waals surface area (Å²) in [6, 6.07) is 0.0718. The van der Waals surface area contributed by atoms with Crippen molar-refractivity contribution in [3.8, 4) is 0 Å². The van der Waals surface area contributed by atoms with E-state index in [1.165, 1.54) is 25.7 Å². The van der Waals surface area contributed by atoms with Gasteiger partial charge >= 0.3 is 0 Å². The average Bonchev–Trinajstić information content (AvgIpc) is 2.64. The number of carbonyl (C=O) groups excluding carboxylic acids is 1. The lowest BCUT2D eigenvalue weighted by Crippen LogP contribution is -2.39. The molecule has 1 atom stereocenters. The lowest BCUT2D eigenvalue weighted by Gasteiger charge is -2.23. The normalized spacial score (nSPS) is 19.3. The van der Waals surface area contributed by atoms with Gasteiger partial charge in [0, 0.05) is 19.0 Å². The van der Waals surface area contributed by atoms with Crippen LogP contribution in [0.25, 0.3) is 0 Å². The molecule has 0 aromatic heterocycles. The maximum absolute atomic E-state index is 11.7. The van der Waals surface area contributed by atoms with Crippen molar-refractivity contribution in [2.75, 3.05) is 6.54 Å². The van der Waals surface area contributed by atoms with Crippen LogP contribution in [0.1, 0.15) is 59.3 Å². The Balaban J connectivity index is 2.14. The first-order valence-corrected chi connectivity index (χ1v) is 6.89. The summed E-state index contributed by atoms with van der Waals surface area (Å²) in [6.07, 6.45) is 6.67. The molecule has 0 aliphatic heterocycles. The molecule has 3 N–H and O–H groups in total. The van der Waals surface area contributed by atoms with Crippen LogP contribution in [0.15, 0.2) is 0 Å². The SMILES string of the molecule is CC(C)(C)CC(N)CNC(=O)CC1CCCC1. The molecule has 0 aromatic carbocycles. The summed E-state index contributed by atoms with van der Waals surface area (Å²) in [5.74, 6) is 0.801. The summed E-state index contributed by atoms with van der Waals surface area (Å²) in [6.45, 7) is 7.14. The molecule has 0 spiro atoms. The third kappa shape index (κ3) is 6.67. The molecule has 3 nitrogen and oxygen atoms in total. The molecule has 1 aliphatic carbocycles. The van der Waals surface area contributed by atoms with Crippen molar-refractivity contribution in [3.05, 3.63) is 0 Å². The van der Waals surface area contributed by atoms with Crippen LogP contribution in [-0.2, 0) is 4.79 Å². The Kier molecular flexibility index (Phi) is 5.44. The van der Waals surface area contributed by atoms with Crippen LogP contribution < -0.4 is 11.1 Å². The van der Waals surface area contributed by atoms with Crippen LogP contribution in [-0.4, -0.2) is 18.5 Å². The van der Waals surface area contributed by atoms with Crippen molar-refractivity contribution in [2.24, 2.45) is 17.1 Å². The van der Waals surface area contributed by atoms with Crippen LogP contribution in [0.5, 0.6) is 0 Å². The molecule has 1 rings (SSSR count). The van der Waals surface area contributed by atoms with Gasteiger partial charge in [0.25, 0.3) is 0 Å². The molecule has 0 heterocycles. The number of hydrogen-bond acceptors (Lipinski definition) is 2. The predicted octanol–water partition coefficient (Wildman–Crippen LogP) is 2.45. The molecule has 0 saturated heterocycles. The Bertz CT molecular complexity index is 239. The van der Waals surface area contributed by atoms with E-state index in [1.807, 2.05) is 0 Å². The van der Waals surface area contributed by atoms with Gasteiger partial charge in [0.1, 0.15) is 0 Å². The van der Waals surface area contributed by atoms with Gasteiger partial charge in [0.05, 0.1) is 0 Å². The predicted molar refractivity (Wildman–Crippen MR) is 71.6 cm³/mol. The number of hydrogen-bond donors (Lipinski definition) is 2. The molecule has 1 unspecified atom stereocenters. The van der Waals surface area contributed by atoms with Crippen molar-refractivity contribution in [1.29, 1.82) is 0 Å². The van der Waals surface area contributed by atoms with Gasteiger partial charge in [-0.05, 0) is 30.6 Å². The zero-order valence-electron chi connectivity index (χ0n) is 11.6. The van der Waals surface area contributed by atoms with Crippen molar-refractivity contribution in [1.82, 2.24) is 5.32 Å². The van der Waals surface area contributed by atoms with Crippen molar-refractivity contribution >= 4 is 5.91 Å². The van der Waals surface area contributed by atoms with E-state index in [0.717, 1.165) is 6.42 Å². The largest absolute Gasteiger partial charge is 0.355 e. The van der Waals surface area contributed by atoms with Gasteiger partial charge in [0.2, 0.25) is 5.91 Å². The van der Waals surface area contributed by atoms with Gasteiger partial charge in [-0.3, -0.25) is 4.79 Å². The van der Waals surface area contributed by atoms with Crippen LogP contribution in [0, 0.1) is 11.3 Å². The molecule has 100 valence electrons. The highest BCUT2D eigenvalue weighted by Gasteiger charge is 2.19. The highest BCUT2D eigenvalue weighted by Crippen LogP contribution is 2.27. The van der Waals surface area contributed by atoms with Crippen molar-refractivity contribution in [2.45, 2.75) is 65.3 Å². The number of carbonyl (C=O) groups is 1. The second-order valence-electron chi connectivity index (χ2n) is 6.68. The zero-order chi connectivity index (χ0) is 12.9. The number of nitrogens with one attached hydrogen (secondary N) is 1. The van der Waals surface area contributed by atoms with Crippen molar-refractivity contribution < 1.29 is 4.79 Å². The molecule has 3 heteroatoms. The van der Waals surface area contributed by atoms with Gasteiger partial charge in [-0.1, -0.05) is 33.6 Å². The van der Waals surface area contributed by atoms with Crippen LogP contribution in [0.3, 0.4) is 0 Å². The smallest absolute Gasteiger partial charge is 0.220 e. The Hall–Kier alpha value is -0.570. The number of rotatable bonds is 5. The second kappa shape index (κ2) is 6.39. The standard InChI is InChI=1S/C14H28N2O/c1-14(2,3)9-12(15)10-16-13(17)8-11-6-4-5-7-11/h11-12H,4-10,15H2,1-3H3,(H,16,17). The van der Waals surface area contributed by atoms with Gasteiger partial charge in [-0.25, -0.2) is 0 Å². The Morgan fingerprint density at radius 1 is 1.35 bits per heavy atom. The highest BCUT2D eigenvalue weighted by molar-refractivity contribution is 5.76. The molecule has 0 radical (unpaired) electrons. The maximum atomic E-state index is 11.7. The lowest BCUT2D eigenvalue weighted by atomic mass is 9.88. The monoisotopic (exact) mass is 240 g/mol. The maximum Gasteiger partial charge on any atom is 0.220 e. The summed E-state index contributed by atoms with van der Waals surface area (Å²) in [4.78, 5) is 11.7. The van der Waals surface area contributed by atoms with Crippen molar-refractivity contribution in [3.63, 3.8) is 0 Å². The fourth-order valence-electron chi connectivity index (χ4n) is 2.65. The van der Waals surface area contributed by atoms with E-state index in [-0.39, 0.29) is 17.4 Å². The van der Waals surface area contributed by atoms with Gasteiger partial charge in [0.15, 0.2) is 0 Å². The summed E-state index contributed by atoms with van der Waals surface area (Å²) in [5.41, 5.74) is 6.23. The average molecular weight is 240 g/mol. The second-order valence-corrected chi connectivity index (χ2v) is 6.68. The molecule has 1 fully saturated rings. The molecule has 0 bridgehead atoms. The minimum atomic E-state index is 0.0718. The molecule has 1 amide bonds. The molecular formula is C14H28N2O. The first kappa shape index (κ1) is 14.5. The molecule has 1 aliphatic rings. The zero-order valence-corrected chi connectivity index (χ0v) is 11.6. The summed E-state index contributed by atoms with van der Waals surface area (Å²) >= 11 is 0. The minimum absolute atomic E-state index is 0.0718. The molecule has 0 aromatic rings. The van der Waals surface area contributed by atoms with E-state index in [4.69, 9.17) is 5.73 Å². The summed E-state index contributed by atoms with van der Waals surface area (Å²) < 4.78 is 0. The van der Waals surface area contributed by atoms with Crippen LogP contribution in [0.4, 0.5) is 0 Å². The third-order valence-electron chi connectivity index (χ3n) is 3.38. The first-order chi connectivity index (χ1) is 7.87.